The molecule has 0 radical (unpaired) electrons. The average molecular weight is 273 g/mol. The second-order valence-corrected chi connectivity index (χ2v) is 4.95. The van der Waals surface area contributed by atoms with Crippen LogP contribution in [0.5, 0.6) is 5.75 Å². The Labute approximate surface area is 111 Å². The van der Waals surface area contributed by atoms with Gasteiger partial charge in [-0.2, -0.15) is 13.2 Å². The summed E-state index contributed by atoms with van der Waals surface area (Å²) in [5, 5.41) is 3.27. The summed E-state index contributed by atoms with van der Waals surface area (Å²) in [4.78, 5) is 0. The minimum atomic E-state index is -4.33. The first-order valence-electron chi connectivity index (χ1n) is 6.40. The summed E-state index contributed by atoms with van der Waals surface area (Å²) in [5.74, 6) is 0.566. The second-order valence-electron chi connectivity index (χ2n) is 4.95. The number of aryl methyl sites for hydroxylation is 1. The monoisotopic (exact) mass is 273 g/mol. The number of ether oxygens (including phenoxy) is 1. The molecule has 5 heteroatoms. The molecule has 1 heterocycles. The normalized spacial score (nSPS) is 20.4. The number of piperidine rings is 1. The van der Waals surface area contributed by atoms with Crippen molar-refractivity contribution >= 4 is 0 Å². The third-order valence-electron chi connectivity index (χ3n) is 3.62. The van der Waals surface area contributed by atoms with Gasteiger partial charge < -0.3 is 10.1 Å². The van der Waals surface area contributed by atoms with Gasteiger partial charge in [0.1, 0.15) is 5.75 Å². The lowest BCUT2D eigenvalue weighted by Crippen LogP contribution is -2.28. The molecule has 1 aromatic rings. The van der Waals surface area contributed by atoms with Gasteiger partial charge in [-0.3, -0.25) is 0 Å². The predicted molar refractivity (Wildman–Crippen MR) is 67.6 cm³/mol. The number of benzene rings is 1. The van der Waals surface area contributed by atoms with Crippen molar-refractivity contribution in [3.05, 3.63) is 28.8 Å². The number of methoxy groups -OCH3 is 1. The van der Waals surface area contributed by atoms with Crippen LogP contribution < -0.4 is 10.1 Å². The molecular formula is C14H18F3NO. The molecule has 106 valence electrons. The largest absolute Gasteiger partial charge is 0.496 e. The first-order chi connectivity index (χ1) is 8.93. The first-order valence-corrected chi connectivity index (χ1v) is 6.40. The predicted octanol–water partition coefficient (Wildman–Crippen LogP) is 3.49. The summed E-state index contributed by atoms with van der Waals surface area (Å²) in [6.45, 7) is 3.27. The molecule has 19 heavy (non-hydrogen) atoms. The van der Waals surface area contributed by atoms with Gasteiger partial charge in [-0.25, -0.2) is 0 Å². The van der Waals surface area contributed by atoms with Crippen molar-refractivity contribution in [2.24, 2.45) is 0 Å². The van der Waals surface area contributed by atoms with Crippen molar-refractivity contribution in [1.82, 2.24) is 5.32 Å². The average Bonchev–Trinajstić information content (AvgIpc) is 2.38. The molecule has 1 saturated heterocycles. The fraction of sp³-hybridized carbons (Fsp3) is 0.571. The Morgan fingerprint density at radius 2 is 2.05 bits per heavy atom. The van der Waals surface area contributed by atoms with E-state index in [0.29, 0.717) is 5.75 Å². The van der Waals surface area contributed by atoms with Crippen LogP contribution in [0.2, 0.25) is 0 Å². The van der Waals surface area contributed by atoms with Crippen molar-refractivity contribution in [1.29, 1.82) is 0 Å². The summed E-state index contributed by atoms with van der Waals surface area (Å²) >= 11 is 0. The van der Waals surface area contributed by atoms with Crippen LogP contribution in [0.3, 0.4) is 0 Å². The highest BCUT2D eigenvalue weighted by molar-refractivity contribution is 5.45. The van der Waals surface area contributed by atoms with Gasteiger partial charge in [0.2, 0.25) is 0 Å². The molecule has 0 spiro atoms. The molecule has 1 aliphatic heterocycles. The van der Waals surface area contributed by atoms with Gasteiger partial charge in [0.25, 0.3) is 0 Å². The molecule has 1 atom stereocenters. The van der Waals surface area contributed by atoms with E-state index in [0.717, 1.165) is 37.6 Å². The standard InChI is InChI=1S/C14H18F3NO/c1-9-6-11(10-4-3-5-18-8-10)13(19-2)7-12(9)14(15,16)17/h6-7,10,18H,3-5,8H2,1-2H3. The maximum absolute atomic E-state index is 12.9. The van der Waals surface area contributed by atoms with Crippen molar-refractivity contribution < 1.29 is 17.9 Å². The van der Waals surface area contributed by atoms with E-state index in [9.17, 15) is 13.2 Å². The molecule has 0 aromatic heterocycles. The van der Waals surface area contributed by atoms with Gasteiger partial charge in [0, 0.05) is 12.5 Å². The molecule has 0 aliphatic carbocycles. The molecule has 1 aliphatic rings. The second kappa shape index (κ2) is 5.41. The Balaban J connectivity index is 2.41. The topological polar surface area (TPSA) is 21.3 Å². The molecule has 1 fully saturated rings. The Bertz CT molecular complexity index is 451. The zero-order valence-electron chi connectivity index (χ0n) is 11.1. The Morgan fingerprint density at radius 1 is 1.32 bits per heavy atom. The van der Waals surface area contributed by atoms with E-state index in [2.05, 4.69) is 5.32 Å². The van der Waals surface area contributed by atoms with Crippen LogP contribution >= 0.6 is 0 Å². The summed E-state index contributed by atoms with van der Waals surface area (Å²) in [6.07, 6.45) is -2.32. The number of hydrogen-bond donors (Lipinski definition) is 1. The lowest BCUT2D eigenvalue weighted by atomic mass is 9.88. The Hall–Kier alpha value is -1.23. The van der Waals surface area contributed by atoms with Crippen molar-refractivity contribution in [2.75, 3.05) is 20.2 Å². The van der Waals surface area contributed by atoms with E-state index in [1.165, 1.54) is 14.0 Å². The van der Waals surface area contributed by atoms with Crippen LogP contribution in [0, 0.1) is 6.92 Å². The zero-order chi connectivity index (χ0) is 14.0. The lowest BCUT2D eigenvalue weighted by Gasteiger charge is -2.26. The Kier molecular flexibility index (Phi) is 4.04. The number of rotatable bonds is 2. The third-order valence-corrected chi connectivity index (χ3v) is 3.62. The molecule has 0 saturated carbocycles. The highest BCUT2D eigenvalue weighted by Crippen LogP contribution is 2.39. The number of hydrogen-bond acceptors (Lipinski definition) is 2. The van der Waals surface area contributed by atoms with E-state index in [-0.39, 0.29) is 11.5 Å². The van der Waals surface area contributed by atoms with E-state index in [1.54, 1.807) is 6.07 Å². The van der Waals surface area contributed by atoms with E-state index in [1.807, 2.05) is 0 Å². The SMILES string of the molecule is COc1cc(C(F)(F)F)c(C)cc1C1CCCNC1. The molecule has 1 N–H and O–H groups in total. The van der Waals surface area contributed by atoms with Gasteiger partial charge in [0.05, 0.1) is 12.7 Å². The fourth-order valence-corrected chi connectivity index (χ4v) is 2.63. The van der Waals surface area contributed by atoms with Crippen molar-refractivity contribution in [3.8, 4) is 5.75 Å². The maximum Gasteiger partial charge on any atom is 0.416 e. The van der Waals surface area contributed by atoms with Gasteiger partial charge in [-0.1, -0.05) is 6.07 Å². The van der Waals surface area contributed by atoms with E-state index in [4.69, 9.17) is 4.74 Å². The molecule has 2 nitrogen and oxygen atoms in total. The molecule has 0 amide bonds. The van der Waals surface area contributed by atoms with Crippen LogP contribution in [0.15, 0.2) is 12.1 Å². The van der Waals surface area contributed by atoms with Crippen molar-refractivity contribution in [2.45, 2.75) is 31.9 Å². The fourth-order valence-electron chi connectivity index (χ4n) is 2.63. The molecule has 2 rings (SSSR count). The highest BCUT2D eigenvalue weighted by Gasteiger charge is 2.34. The number of nitrogens with one attached hydrogen (secondary N) is 1. The molecule has 1 aromatic carbocycles. The van der Waals surface area contributed by atoms with Crippen LogP contribution in [-0.4, -0.2) is 20.2 Å². The van der Waals surface area contributed by atoms with Crippen LogP contribution in [-0.2, 0) is 6.18 Å². The zero-order valence-corrected chi connectivity index (χ0v) is 11.1. The van der Waals surface area contributed by atoms with Gasteiger partial charge in [-0.15, -0.1) is 0 Å². The van der Waals surface area contributed by atoms with Crippen molar-refractivity contribution in [3.63, 3.8) is 0 Å². The summed E-state index contributed by atoms with van der Waals surface area (Å²) in [7, 11) is 1.42. The smallest absolute Gasteiger partial charge is 0.416 e. The van der Waals surface area contributed by atoms with E-state index < -0.39 is 11.7 Å². The first kappa shape index (κ1) is 14.2. The quantitative estimate of drug-likeness (QED) is 0.890. The molecule has 0 bridgehead atoms. The van der Waals surface area contributed by atoms with Crippen LogP contribution in [0.25, 0.3) is 0 Å². The summed E-state index contributed by atoms with van der Waals surface area (Å²) < 4.78 is 43.8. The lowest BCUT2D eigenvalue weighted by molar-refractivity contribution is -0.138. The summed E-state index contributed by atoms with van der Waals surface area (Å²) in [6, 6.07) is 2.75. The number of alkyl halides is 3. The Morgan fingerprint density at radius 3 is 2.58 bits per heavy atom. The number of halogens is 3. The minimum Gasteiger partial charge on any atom is -0.496 e. The molecular weight excluding hydrogens is 255 g/mol. The van der Waals surface area contributed by atoms with Gasteiger partial charge in [0.15, 0.2) is 0 Å². The van der Waals surface area contributed by atoms with Gasteiger partial charge in [-0.05, 0) is 43.5 Å². The van der Waals surface area contributed by atoms with E-state index >= 15 is 0 Å². The molecule has 1 unspecified atom stereocenters. The maximum atomic E-state index is 12.9. The summed E-state index contributed by atoms with van der Waals surface area (Å²) in [5.41, 5.74) is 0.519. The van der Waals surface area contributed by atoms with Gasteiger partial charge >= 0.3 is 6.18 Å². The highest BCUT2D eigenvalue weighted by atomic mass is 19.4. The third kappa shape index (κ3) is 3.03. The van der Waals surface area contributed by atoms with Crippen LogP contribution in [0.1, 0.15) is 35.4 Å². The van der Waals surface area contributed by atoms with Crippen LogP contribution in [0.4, 0.5) is 13.2 Å². The minimum absolute atomic E-state index is 0.227.